The fourth-order valence-corrected chi connectivity index (χ4v) is 1.39. The number of ether oxygens (including phenoxy) is 1. The molecule has 0 saturated heterocycles. The van der Waals surface area contributed by atoms with E-state index >= 15 is 0 Å². The van der Waals surface area contributed by atoms with E-state index in [0.717, 1.165) is 11.3 Å². The first-order chi connectivity index (χ1) is 7.22. The van der Waals surface area contributed by atoms with Crippen LogP contribution in [0.3, 0.4) is 0 Å². The molecule has 82 valence electrons. The number of hydrogen-bond acceptors (Lipinski definition) is 3. The van der Waals surface area contributed by atoms with Gasteiger partial charge in [0.15, 0.2) is 0 Å². The number of rotatable bonds is 4. The minimum Gasteiger partial charge on any atom is -0.497 e. The molecular formula is C11H16N2O2. The van der Waals surface area contributed by atoms with Crippen LogP contribution in [-0.4, -0.2) is 27.1 Å². The number of carbonyl (C=O) groups excluding carboxylic acids is 1. The van der Waals surface area contributed by atoms with E-state index in [4.69, 9.17) is 4.74 Å². The summed E-state index contributed by atoms with van der Waals surface area (Å²) in [4.78, 5) is 11.5. The van der Waals surface area contributed by atoms with E-state index in [1.54, 1.807) is 21.2 Å². The Morgan fingerprint density at radius 3 is 2.27 bits per heavy atom. The van der Waals surface area contributed by atoms with Gasteiger partial charge >= 0.3 is 0 Å². The number of carbonyl (C=O) groups is 1. The highest BCUT2D eigenvalue weighted by Crippen LogP contribution is 2.17. The Kier molecular flexibility index (Phi) is 4.12. The van der Waals surface area contributed by atoms with Crippen molar-refractivity contribution in [1.82, 2.24) is 10.6 Å². The molecule has 2 N–H and O–H groups in total. The lowest BCUT2D eigenvalue weighted by molar-refractivity contribution is -0.122. The van der Waals surface area contributed by atoms with Crippen molar-refractivity contribution in [3.05, 3.63) is 29.8 Å². The van der Waals surface area contributed by atoms with Crippen molar-refractivity contribution < 1.29 is 9.53 Å². The summed E-state index contributed by atoms with van der Waals surface area (Å²) in [5.74, 6) is 0.730. The normalized spacial score (nSPS) is 11.9. The third-order valence-corrected chi connectivity index (χ3v) is 2.25. The second-order valence-electron chi connectivity index (χ2n) is 3.11. The Morgan fingerprint density at radius 2 is 1.87 bits per heavy atom. The van der Waals surface area contributed by atoms with Crippen LogP contribution < -0.4 is 15.4 Å². The minimum atomic E-state index is -0.319. The van der Waals surface area contributed by atoms with Crippen LogP contribution in [0.1, 0.15) is 11.6 Å². The molecular weight excluding hydrogens is 192 g/mol. The Balaban J connectivity index is 2.87. The molecule has 0 fully saturated rings. The van der Waals surface area contributed by atoms with Crippen molar-refractivity contribution in [2.75, 3.05) is 21.2 Å². The zero-order chi connectivity index (χ0) is 11.3. The van der Waals surface area contributed by atoms with Crippen molar-refractivity contribution in [2.45, 2.75) is 6.04 Å². The molecule has 1 rings (SSSR count). The summed E-state index contributed by atoms with van der Waals surface area (Å²) in [6, 6.07) is 7.09. The maximum absolute atomic E-state index is 11.5. The van der Waals surface area contributed by atoms with Gasteiger partial charge in [-0.3, -0.25) is 4.79 Å². The van der Waals surface area contributed by atoms with Crippen molar-refractivity contribution >= 4 is 5.91 Å². The standard InChI is InChI=1S/C11H16N2O2/c1-12-10(11(14)13-2)8-4-6-9(15-3)7-5-8/h4-7,10,12H,1-3H3,(H,13,14). The molecule has 0 aliphatic rings. The van der Waals surface area contributed by atoms with Crippen LogP contribution in [0.5, 0.6) is 5.75 Å². The Labute approximate surface area is 89.6 Å². The SMILES string of the molecule is CNC(=O)C(NC)c1ccc(OC)cc1. The van der Waals surface area contributed by atoms with E-state index in [9.17, 15) is 4.79 Å². The fourth-order valence-electron chi connectivity index (χ4n) is 1.39. The summed E-state index contributed by atoms with van der Waals surface area (Å²) in [7, 11) is 4.99. The smallest absolute Gasteiger partial charge is 0.241 e. The van der Waals surface area contributed by atoms with Gasteiger partial charge in [-0.05, 0) is 24.7 Å². The van der Waals surface area contributed by atoms with Crippen LogP contribution in [0.4, 0.5) is 0 Å². The number of methoxy groups -OCH3 is 1. The van der Waals surface area contributed by atoms with E-state index in [1.165, 1.54) is 0 Å². The molecule has 1 atom stereocenters. The highest BCUT2D eigenvalue weighted by Gasteiger charge is 2.16. The van der Waals surface area contributed by atoms with E-state index in [0.29, 0.717) is 0 Å². The Morgan fingerprint density at radius 1 is 1.27 bits per heavy atom. The molecule has 4 heteroatoms. The summed E-state index contributed by atoms with van der Waals surface area (Å²) in [6.07, 6.45) is 0. The summed E-state index contributed by atoms with van der Waals surface area (Å²) in [5, 5.41) is 5.56. The molecule has 4 nitrogen and oxygen atoms in total. The molecule has 0 heterocycles. The second kappa shape index (κ2) is 5.36. The summed E-state index contributed by atoms with van der Waals surface area (Å²) < 4.78 is 5.05. The van der Waals surface area contributed by atoms with Crippen LogP contribution in [0.15, 0.2) is 24.3 Å². The largest absolute Gasteiger partial charge is 0.497 e. The summed E-state index contributed by atoms with van der Waals surface area (Å²) in [5.41, 5.74) is 0.914. The minimum absolute atomic E-state index is 0.0531. The molecule has 0 aliphatic carbocycles. The average Bonchev–Trinajstić information content (AvgIpc) is 2.30. The van der Waals surface area contributed by atoms with Crippen LogP contribution in [0.2, 0.25) is 0 Å². The molecule has 0 bridgehead atoms. The van der Waals surface area contributed by atoms with Crippen LogP contribution in [-0.2, 0) is 4.79 Å². The lowest BCUT2D eigenvalue weighted by Gasteiger charge is -2.14. The molecule has 0 saturated carbocycles. The first-order valence-electron chi connectivity index (χ1n) is 4.75. The molecule has 0 radical (unpaired) electrons. The average molecular weight is 208 g/mol. The predicted molar refractivity (Wildman–Crippen MR) is 58.9 cm³/mol. The molecule has 0 aliphatic heterocycles. The van der Waals surface area contributed by atoms with Crippen LogP contribution >= 0.6 is 0 Å². The predicted octanol–water partition coefficient (Wildman–Crippen LogP) is 0.702. The number of nitrogens with one attached hydrogen (secondary N) is 2. The number of hydrogen-bond donors (Lipinski definition) is 2. The van der Waals surface area contributed by atoms with Gasteiger partial charge in [0.1, 0.15) is 11.8 Å². The van der Waals surface area contributed by atoms with E-state index in [2.05, 4.69) is 10.6 Å². The molecule has 0 spiro atoms. The van der Waals surface area contributed by atoms with E-state index in [1.807, 2.05) is 24.3 Å². The highest BCUT2D eigenvalue weighted by atomic mass is 16.5. The zero-order valence-corrected chi connectivity index (χ0v) is 9.20. The lowest BCUT2D eigenvalue weighted by atomic mass is 10.1. The van der Waals surface area contributed by atoms with Crippen molar-refractivity contribution in [1.29, 1.82) is 0 Å². The lowest BCUT2D eigenvalue weighted by Crippen LogP contribution is -2.33. The third-order valence-electron chi connectivity index (χ3n) is 2.25. The topological polar surface area (TPSA) is 50.4 Å². The number of likely N-dealkylation sites (N-methyl/N-ethyl adjacent to an activating group) is 2. The number of benzene rings is 1. The van der Waals surface area contributed by atoms with Gasteiger partial charge in [-0.25, -0.2) is 0 Å². The monoisotopic (exact) mass is 208 g/mol. The van der Waals surface area contributed by atoms with Crippen molar-refractivity contribution in [3.63, 3.8) is 0 Å². The first kappa shape index (κ1) is 11.5. The van der Waals surface area contributed by atoms with Crippen LogP contribution in [0, 0.1) is 0 Å². The quantitative estimate of drug-likeness (QED) is 0.766. The van der Waals surface area contributed by atoms with Gasteiger partial charge in [0.25, 0.3) is 0 Å². The van der Waals surface area contributed by atoms with Crippen LogP contribution in [0.25, 0.3) is 0 Å². The molecule has 0 aromatic heterocycles. The fraction of sp³-hybridized carbons (Fsp3) is 0.364. The second-order valence-corrected chi connectivity index (χ2v) is 3.11. The first-order valence-corrected chi connectivity index (χ1v) is 4.75. The van der Waals surface area contributed by atoms with Gasteiger partial charge in [-0.2, -0.15) is 0 Å². The Hall–Kier alpha value is -1.55. The molecule has 1 aromatic carbocycles. The van der Waals surface area contributed by atoms with Crippen molar-refractivity contribution in [3.8, 4) is 5.75 Å². The molecule has 1 amide bonds. The van der Waals surface area contributed by atoms with E-state index in [-0.39, 0.29) is 11.9 Å². The van der Waals surface area contributed by atoms with Gasteiger partial charge in [0.05, 0.1) is 7.11 Å². The van der Waals surface area contributed by atoms with Gasteiger partial charge in [0.2, 0.25) is 5.91 Å². The maximum atomic E-state index is 11.5. The third kappa shape index (κ3) is 2.70. The number of amides is 1. The maximum Gasteiger partial charge on any atom is 0.241 e. The van der Waals surface area contributed by atoms with Crippen molar-refractivity contribution in [2.24, 2.45) is 0 Å². The molecule has 1 unspecified atom stereocenters. The Bertz CT molecular complexity index is 322. The molecule has 15 heavy (non-hydrogen) atoms. The zero-order valence-electron chi connectivity index (χ0n) is 9.20. The summed E-state index contributed by atoms with van der Waals surface area (Å²) in [6.45, 7) is 0. The van der Waals surface area contributed by atoms with Gasteiger partial charge in [-0.1, -0.05) is 12.1 Å². The van der Waals surface area contributed by atoms with Gasteiger partial charge in [-0.15, -0.1) is 0 Å². The molecule has 1 aromatic rings. The van der Waals surface area contributed by atoms with Gasteiger partial charge < -0.3 is 15.4 Å². The van der Waals surface area contributed by atoms with E-state index < -0.39 is 0 Å². The summed E-state index contributed by atoms with van der Waals surface area (Å²) >= 11 is 0. The van der Waals surface area contributed by atoms with Gasteiger partial charge in [0, 0.05) is 7.05 Å². The highest BCUT2D eigenvalue weighted by molar-refractivity contribution is 5.82.